The molecule has 0 spiro atoms. The molecule has 0 aromatic heterocycles. The molecule has 1 atom stereocenters. The zero-order valence-corrected chi connectivity index (χ0v) is 20.8. The van der Waals surface area contributed by atoms with Gasteiger partial charge >= 0.3 is 6.09 Å². The third-order valence-electron chi connectivity index (χ3n) is 6.42. The molecule has 2 aromatic carbocycles. The van der Waals surface area contributed by atoms with Crippen LogP contribution in [0.4, 0.5) is 4.79 Å². The normalized spacial score (nSPS) is 15.8. The molecule has 1 aliphatic rings. The summed E-state index contributed by atoms with van der Waals surface area (Å²) < 4.78 is 5.42. The molecule has 9 heteroatoms. The molecule has 0 bridgehead atoms. The zero-order valence-electron chi connectivity index (χ0n) is 20.8. The molecule has 3 amide bonds. The number of hydrogen-bond acceptors (Lipinski definition) is 5. The Bertz CT molecular complexity index is 1140. The maximum Gasteiger partial charge on any atom is 0.408 e. The minimum atomic E-state index is -1.38. The number of rotatable bonds is 7. The van der Waals surface area contributed by atoms with Gasteiger partial charge in [-0.05, 0) is 49.6 Å². The summed E-state index contributed by atoms with van der Waals surface area (Å²) in [6.45, 7) is 5.64. The van der Waals surface area contributed by atoms with Gasteiger partial charge in [0.25, 0.3) is 0 Å². The van der Waals surface area contributed by atoms with E-state index in [4.69, 9.17) is 15.7 Å². The summed E-state index contributed by atoms with van der Waals surface area (Å²) in [5, 5.41) is 21.7. The summed E-state index contributed by atoms with van der Waals surface area (Å²) in [6, 6.07) is 15.7. The van der Waals surface area contributed by atoms with Gasteiger partial charge in [0, 0.05) is 38.0 Å². The Balaban J connectivity index is 1.81. The van der Waals surface area contributed by atoms with Crippen LogP contribution < -0.4 is 11.1 Å². The van der Waals surface area contributed by atoms with Gasteiger partial charge in [0.15, 0.2) is 0 Å². The lowest BCUT2D eigenvalue weighted by molar-refractivity contribution is -0.145. The van der Waals surface area contributed by atoms with Crippen LogP contribution in [-0.2, 0) is 20.7 Å². The maximum atomic E-state index is 13.6. The quantitative estimate of drug-likeness (QED) is 0.539. The summed E-state index contributed by atoms with van der Waals surface area (Å²) in [7, 11) is 0. The Morgan fingerprint density at radius 1 is 1.08 bits per heavy atom. The number of primary amides is 1. The van der Waals surface area contributed by atoms with E-state index in [0.29, 0.717) is 5.56 Å². The van der Waals surface area contributed by atoms with Crippen LogP contribution in [0.1, 0.15) is 44.7 Å². The number of carbonyl (C=O) groups excluding carboxylic acids is 2. The monoisotopic (exact) mass is 494 g/mol. The number of amides is 3. The van der Waals surface area contributed by atoms with Crippen LogP contribution in [0.25, 0.3) is 11.1 Å². The molecule has 0 aliphatic carbocycles. The fourth-order valence-electron chi connectivity index (χ4n) is 4.69. The van der Waals surface area contributed by atoms with Crippen molar-refractivity contribution < 1.29 is 24.2 Å². The lowest BCUT2D eigenvalue weighted by atomic mass is 9.83. The summed E-state index contributed by atoms with van der Waals surface area (Å²) in [5.41, 5.74) is 6.64. The van der Waals surface area contributed by atoms with E-state index >= 15 is 0 Å². The van der Waals surface area contributed by atoms with Crippen LogP contribution in [0.15, 0.2) is 48.5 Å². The van der Waals surface area contributed by atoms with Crippen molar-refractivity contribution >= 4 is 17.9 Å². The van der Waals surface area contributed by atoms with Crippen molar-refractivity contribution in [3.05, 3.63) is 59.7 Å². The van der Waals surface area contributed by atoms with Gasteiger partial charge in [0.2, 0.25) is 11.8 Å². The Morgan fingerprint density at radius 3 is 2.06 bits per heavy atom. The number of nitriles is 1. The van der Waals surface area contributed by atoms with Crippen LogP contribution in [-0.4, -0.2) is 58.2 Å². The van der Waals surface area contributed by atoms with Gasteiger partial charge in [0.1, 0.15) is 11.6 Å². The maximum absolute atomic E-state index is 13.6. The fraction of sp³-hybridized carbons (Fsp3) is 0.407. The number of nitrogens with two attached hydrogens (primary N) is 1. The molecule has 2 aromatic rings. The Labute approximate surface area is 210 Å². The standard InChI is InChI=1S/C27H32N4O5/c1-26(2,3)31(25(34)35)27(12-14-36-15-13-27)24(33)30-22(23(29)32)16-18-4-8-20(9-5-18)21-10-6-19(17-28)7-11-21/h4-11,22H,12-16H2,1-3H3,(H2,29,32)(H,30,33)(H,34,35)/t22-/m0/s1/i17+2. The molecule has 0 unspecified atom stereocenters. The van der Waals surface area contributed by atoms with E-state index in [9.17, 15) is 19.5 Å². The van der Waals surface area contributed by atoms with Crippen molar-refractivity contribution in [2.45, 2.75) is 57.2 Å². The van der Waals surface area contributed by atoms with Crippen molar-refractivity contribution in [3.8, 4) is 17.2 Å². The van der Waals surface area contributed by atoms with E-state index < -0.39 is 35.0 Å². The average molecular weight is 495 g/mol. The topological polar surface area (TPSA) is 146 Å². The third kappa shape index (κ3) is 5.83. The predicted molar refractivity (Wildman–Crippen MR) is 134 cm³/mol. The molecule has 1 heterocycles. The summed E-state index contributed by atoms with van der Waals surface area (Å²) >= 11 is 0. The number of nitrogens with zero attached hydrogens (tertiary/aromatic N) is 2. The largest absolute Gasteiger partial charge is 0.465 e. The first kappa shape index (κ1) is 26.7. The highest BCUT2D eigenvalue weighted by Gasteiger charge is 2.52. The second kappa shape index (κ2) is 10.8. The highest BCUT2D eigenvalue weighted by molar-refractivity contribution is 5.94. The van der Waals surface area contributed by atoms with E-state index in [0.717, 1.165) is 16.7 Å². The number of carbonyl (C=O) groups is 3. The molecular weight excluding hydrogens is 462 g/mol. The van der Waals surface area contributed by atoms with Crippen LogP contribution in [0.3, 0.4) is 0 Å². The molecule has 4 N–H and O–H groups in total. The van der Waals surface area contributed by atoms with E-state index in [1.54, 1.807) is 32.9 Å². The third-order valence-corrected chi connectivity index (χ3v) is 6.42. The molecule has 190 valence electrons. The number of carboxylic acid groups (broad SMARTS) is 1. The number of benzene rings is 2. The molecule has 1 saturated heterocycles. The molecule has 0 saturated carbocycles. The van der Waals surface area contributed by atoms with Crippen LogP contribution in [0, 0.1) is 11.3 Å². The van der Waals surface area contributed by atoms with Crippen molar-refractivity contribution in [1.82, 2.24) is 10.2 Å². The van der Waals surface area contributed by atoms with Crippen LogP contribution >= 0.6 is 0 Å². The summed E-state index contributed by atoms with van der Waals surface area (Å²) in [5.74, 6) is -1.26. The minimum Gasteiger partial charge on any atom is -0.465 e. The van der Waals surface area contributed by atoms with Crippen LogP contribution in [0.5, 0.6) is 0 Å². The van der Waals surface area contributed by atoms with E-state index in [1.165, 1.54) is 4.90 Å². The van der Waals surface area contributed by atoms with Gasteiger partial charge in [-0.15, -0.1) is 0 Å². The highest BCUT2D eigenvalue weighted by atomic mass is 16.5. The predicted octanol–water partition coefficient (Wildman–Crippen LogP) is 3.07. The van der Waals surface area contributed by atoms with Crippen molar-refractivity contribution in [3.63, 3.8) is 0 Å². The molecule has 1 fully saturated rings. The van der Waals surface area contributed by atoms with Gasteiger partial charge in [-0.3, -0.25) is 14.5 Å². The molecule has 1 aliphatic heterocycles. The number of hydrogen-bond donors (Lipinski definition) is 3. The Kier molecular flexibility index (Phi) is 8.00. The smallest absolute Gasteiger partial charge is 0.408 e. The summed E-state index contributed by atoms with van der Waals surface area (Å²) in [6.07, 6.45) is -0.710. The highest BCUT2D eigenvalue weighted by Crippen LogP contribution is 2.34. The Hall–Kier alpha value is -3.90. The van der Waals surface area contributed by atoms with Crippen molar-refractivity contribution in [2.75, 3.05) is 13.2 Å². The fourth-order valence-corrected chi connectivity index (χ4v) is 4.69. The second-order valence-corrected chi connectivity index (χ2v) is 9.95. The van der Waals surface area contributed by atoms with Gasteiger partial charge in [-0.25, -0.2) is 4.79 Å². The lowest BCUT2D eigenvalue weighted by Crippen LogP contribution is -2.69. The first-order valence-corrected chi connectivity index (χ1v) is 11.8. The van der Waals surface area contributed by atoms with Gasteiger partial charge < -0.3 is 20.9 Å². The molecule has 0 radical (unpaired) electrons. The zero-order chi connectivity index (χ0) is 26.5. The van der Waals surface area contributed by atoms with Crippen molar-refractivity contribution in [2.24, 2.45) is 5.73 Å². The first-order chi connectivity index (χ1) is 17.0. The van der Waals surface area contributed by atoms with Crippen molar-refractivity contribution in [1.29, 1.82) is 5.26 Å². The molecule has 36 heavy (non-hydrogen) atoms. The van der Waals surface area contributed by atoms with E-state index in [2.05, 4.69) is 11.4 Å². The van der Waals surface area contributed by atoms with Gasteiger partial charge in [-0.2, -0.15) is 5.26 Å². The van der Waals surface area contributed by atoms with Gasteiger partial charge in [0.05, 0.1) is 11.6 Å². The molecular formula is C27H32N4O5. The molecule has 3 rings (SSSR count). The minimum absolute atomic E-state index is 0.157. The second-order valence-electron chi connectivity index (χ2n) is 9.95. The van der Waals surface area contributed by atoms with E-state index in [1.807, 2.05) is 36.4 Å². The first-order valence-electron chi connectivity index (χ1n) is 11.8. The molecule has 9 nitrogen and oxygen atoms in total. The average Bonchev–Trinajstić information content (AvgIpc) is 2.83. The Morgan fingerprint density at radius 2 is 1.61 bits per heavy atom. The SMILES string of the molecule is CC(C)(C)N(C(=O)O)C1(C(=O)N[C@@H](Cc2ccc(-c3ccc([14C]#N)cc3)cc2)C(N)=O)CCOCC1. The number of nitrogens with one attached hydrogen (secondary N) is 1. The van der Waals surface area contributed by atoms with E-state index in [-0.39, 0.29) is 32.5 Å². The number of ether oxygens (including phenoxy) is 1. The van der Waals surface area contributed by atoms with Gasteiger partial charge in [-0.1, -0.05) is 36.4 Å². The summed E-state index contributed by atoms with van der Waals surface area (Å²) in [4.78, 5) is 39.3. The lowest BCUT2D eigenvalue weighted by Gasteiger charge is -2.49. The van der Waals surface area contributed by atoms with Crippen LogP contribution in [0.2, 0.25) is 0 Å².